The number of nitrogens with zero attached hydrogens (tertiary/aromatic N) is 1. The van der Waals surface area contributed by atoms with Gasteiger partial charge in [0.15, 0.2) is 0 Å². The van der Waals surface area contributed by atoms with Crippen molar-refractivity contribution in [1.29, 1.82) is 0 Å². The van der Waals surface area contributed by atoms with Gasteiger partial charge in [-0.05, 0) is 84.8 Å². The molecule has 0 saturated carbocycles. The molecule has 1 spiro atoms. The van der Waals surface area contributed by atoms with E-state index in [1.807, 2.05) is 66.5 Å². The Bertz CT molecular complexity index is 1610. The second-order valence-electron chi connectivity index (χ2n) is 11.6. The summed E-state index contributed by atoms with van der Waals surface area (Å²) in [6, 6.07) is 32.8. The molecule has 1 amide bonds. The van der Waals surface area contributed by atoms with Crippen LogP contribution in [0.25, 0.3) is 17.2 Å². The smallest absolute Gasteiger partial charge is 0.254 e. The Morgan fingerprint density at radius 3 is 2.38 bits per heavy atom. The molecule has 1 N–H and O–H groups in total. The summed E-state index contributed by atoms with van der Waals surface area (Å²) >= 11 is 12.8. The monoisotopic (exact) mass is 594 g/mol. The highest BCUT2D eigenvalue weighted by atomic mass is 35.5. The van der Waals surface area contributed by atoms with E-state index in [9.17, 15) is 4.79 Å². The van der Waals surface area contributed by atoms with Crippen molar-refractivity contribution >= 4 is 35.2 Å². The molecule has 0 radical (unpaired) electrons. The molecule has 0 aromatic heterocycles. The lowest BCUT2D eigenvalue weighted by Crippen LogP contribution is -2.40. The Kier molecular flexibility index (Phi) is 8.53. The predicted octanol–water partition coefficient (Wildman–Crippen LogP) is 9.01. The van der Waals surface area contributed by atoms with E-state index in [2.05, 4.69) is 53.9 Å². The largest absolute Gasteiger partial charge is 0.341 e. The number of halogens is 2. The lowest BCUT2D eigenvalue weighted by molar-refractivity contribution is 0.0785. The molecule has 1 heterocycles. The molecule has 1 atom stereocenters. The van der Waals surface area contributed by atoms with E-state index < -0.39 is 0 Å². The number of amides is 1. The number of allylic oxidation sites excluding steroid dienone is 1. The normalized spacial score (nSPS) is 16.1. The Balaban J connectivity index is 1.27. The van der Waals surface area contributed by atoms with Gasteiger partial charge in [0, 0.05) is 30.5 Å². The zero-order chi connectivity index (χ0) is 29.1. The van der Waals surface area contributed by atoms with Crippen LogP contribution >= 0.6 is 23.2 Å². The van der Waals surface area contributed by atoms with Crippen molar-refractivity contribution in [2.45, 2.75) is 37.0 Å². The fourth-order valence-corrected chi connectivity index (χ4v) is 7.24. The minimum absolute atomic E-state index is 0.0156. The van der Waals surface area contributed by atoms with Gasteiger partial charge in [-0.25, -0.2) is 0 Å². The summed E-state index contributed by atoms with van der Waals surface area (Å²) in [7, 11) is 1.91. The number of fused-ring (bicyclic) bond motifs is 2. The molecule has 1 saturated heterocycles. The number of likely N-dealkylation sites (N-methyl/N-ethyl adjacent to an activating group) is 1. The summed E-state index contributed by atoms with van der Waals surface area (Å²) in [6.07, 6.45) is 6.52. The van der Waals surface area contributed by atoms with E-state index in [0.717, 1.165) is 55.5 Å². The number of nitrogens with one attached hydrogen (secondary N) is 1. The van der Waals surface area contributed by atoms with Crippen LogP contribution in [0, 0.1) is 0 Å². The number of carbonyl (C=O) groups is 1. The van der Waals surface area contributed by atoms with Crippen molar-refractivity contribution in [1.82, 2.24) is 10.2 Å². The van der Waals surface area contributed by atoms with Gasteiger partial charge in [-0.1, -0.05) is 114 Å². The van der Waals surface area contributed by atoms with Crippen LogP contribution in [0.1, 0.15) is 58.6 Å². The standard InChI is InChI=1S/C37H36Cl2N2O/c1-41(36(42)32-13-7-6-12-31(32)26-9-3-2-4-10-26)25-29(27-16-18-34(38)35(39)24-27)15-17-30-23-28-11-5-8-14-33(28)37(30)19-21-40-22-20-37/h2-14,16,18,23-24,29,40H,15,17,19-22,25H2,1H3/t29-/m1/s1. The zero-order valence-electron chi connectivity index (χ0n) is 24.0. The fraction of sp³-hybridized carbons (Fsp3) is 0.270. The maximum absolute atomic E-state index is 13.9. The number of hydrogen-bond acceptors (Lipinski definition) is 2. The second kappa shape index (κ2) is 12.5. The molecule has 42 heavy (non-hydrogen) atoms. The third-order valence-corrected chi connectivity index (χ3v) is 9.88. The van der Waals surface area contributed by atoms with Crippen LogP contribution in [-0.4, -0.2) is 37.5 Å². The first-order valence-corrected chi connectivity index (χ1v) is 15.6. The van der Waals surface area contributed by atoms with Gasteiger partial charge in [0.1, 0.15) is 0 Å². The first-order chi connectivity index (χ1) is 20.5. The van der Waals surface area contributed by atoms with Gasteiger partial charge in [-0.15, -0.1) is 0 Å². The van der Waals surface area contributed by atoms with Crippen LogP contribution in [0.4, 0.5) is 0 Å². The highest BCUT2D eigenvalue weighted by Crippen LogP contribution is 2.50. The van der Waals surface area contributed by atoms with Crippen molar-refractivity contribution in [2.75, 3.05) is 26.7 Å². The van der Waals surface area contributed by atoms with Crippen molar-refractivity contribution in [3.05, 3.63) is 135 Å². The third-order valence-electron chi connectivity index (χ3n) is 9.14. The van der Waals surface area contributed by atoms with Crippen molar-refractivity contribution in [3.63, 3.8) is 0 Å². The minimum Gasteiger partial charge on any atom is -0.341 e. The molecule has 1 aliphatic carbocycles. The fourth-order valence-electron chi connectivity index (χ4n) is 6.93. The summed E-state index contributed by atoms with van der Waals surface area (Å²) in [5.74, 6) is 0.114. The van der Waals surface area contributed by atoms with Crippen molar-refractivity contribution < 1.29 is 4.79 Å². The summed E-state index contributed by atoms with van der Waals surface area (Å²) in [6.45, 7) is 2.63. The maximum atomic E-state index is 13.9. The van der Waals surface area contributed by atoms with Crippen LogP contribution < -0.4 is 5.32 Å². The molecule has 1 aliphatic heterocycles. The molecule has 4 aromatic rings. The zero-order valence-corrected chi connectivity index (χ0v) is 25.5. The first-order valence-electron chi connectivity index (χ1n) is 14.8. The number of hydrogen-bond donors (Lipinski definition) is 1. The second-order valence-corrected chi connectivity index (χ2v) is 12.4. The quantitative estimate of drug-likeness (QED) is 0.221. The highest BCUT2D eigenvalue weighted by Gasteiger charge is 2.41. The topological polar surface area (TPSA) is 32.3 Å². The summed E-state index contributed by atoms with van der Waals surface area (Å²) < 4.78 is 0. The number of carbonyl (C=O) groups excluding carboxylic acids is 1. The van der Waals surface area contributed by atoms with Gasteiger partial charge in [0.2, 0.25) is 0 Å². The van der Waals surface area contributed by atoms with E-state index in [0.29, 0.717) is 22.2 Å². The van der Waals surface area contributed by atoms with Gasteiger partial charge >= 0.3 is 0 Å². The summed E-state index contributed by atoms with van der Waals surface area (Å²) in [5.41, 5.74) is 8.23. The summed E-state index contributed by atoms with van der Waals surface area (Å²) in [5, 5.41) is 4.65. The predicted molar refractivity (Wildman–Crippen MR) is 175 cm³/mol. The van der Waals surface area contributed by atoms with E-state index in [4.69, 9.17) is 23.2 Å². The SMILES string of the molecule is CN(C[C@@H](CCC1=Cc2ccccc2C12CCNCC2)c1ccc(Cl)c(Cl)c1)C(=O)c1ccccc1-c1ccccc1. The molecule has 2 aliphatic rings. The Labute approximate surface area is 259 Å². The minimum atomic E-state index is 0.0156. The molecule has 1 fully saturated rings. The van der Waals surface area contributed by atoms with E-state index in [1.165, 1.54) is 16.7 Å². The Morgan fingerprint density at radius 1 is 0.881 bits per heavy atom. The van der Waals surface area contributed by atoms with Gasteiger partial charge < -0.3 is 10.2 Å². The molecule has 214 valence electrons. The van der Waals surface area contributed by atoms with Crippen molar-refractivity contribution in [2.24, 2.45) is 0 Å². The molecule has 6 rings (SSSR count). The Hall–Kier alpha value is -3.37. The number of benzene rings is 4. The van der Waals surface area contributed by atoms with Crippen LogP contribution in [0.3, 0.4) is 0 Å². The molecule has 4 aromatic carbocycles. The molecular formula is C37H36Cl2N2O. The van der Waals surface area contributed by atoms with Crippen LogP contribution in [0.15, 0.2) is 103 Å². The van der Waals surface area contributed by atoms with Crippen LogP contribution in [-0.2, 0) is 5.41 Å². The Morgan fingerprint density at radius 2 is 1.60 bits per heavy atom. The average molecular weight is 596 g/mol. The van der Waals surface area contributed by atoms with E-state index in [-0.39, 0.29) is 17.2 Å². The average Bonchev–Trinajstić information content (AvgIpc) is 3.33. The van der Waals surface area contributed by atoms with Crippen LogP contribution in [0.5, 0.6) is 0 Å². The lowest BCUT2D eigenvalue weighted by Gasteiger charge is -2.38. The van der Waals surface area contributed by atoms with Gasteiger partial charge in [-0.3, -0.25) is 4.79 Å². The molecule has 0 bridgehead atoms. The van der Waals surface area contributed by atoms with Crippen LogP contribution in [0.2, 0.25) is 10.0 Å². The molecule has 3 nitrogen and oxygen atoms in total. The lowest BCUT2D eigenvalue weighted by atomic mass is 9.69. The number of rotatable bonds is 8. The van der Waals surface area contributed by atoms with Crippen molar-refractivity contribution in [3.8, 4) is 11.1 Å². The number of piperidine rings is 1. The molecular weight excluding hydrogens is 559 g/mol. The molecule has 5 heteroatoms. The van der Waals surface area contributed by atoms with E-state index in [1.54, 1.807) is 0 Å². The summed E-state index contributed by atoms with van der Waals surface area (Å²) in [4.78, 5) is 15.8. The highest BCUT2D eigenvalue weighted by molar-refractivity contribution is 6.42. The third kappa shape index (κ3) is 5.66. The van der Waals surface area contributed by atoms with E-state index >= 15 is 0 Å². The van der Waals surface area contributed by atoms with Gasteiger partial charge in [0.25, 0.3) is 5.91 Å². The molecule has 0 unspecified atom stereocenters. The van der Waals surface area contributed by atoms with Gasteiger partial charge in [0.05, 0.1) is 10.0 Å². The first kappa shape index (κ1) is 28.7. The maximum Gasteiger partial charge on any atom is 0.254 e. The van der Waals surface area contributed by atoms with Gasteiger partial charge in [-0.2, -0.15) is 0 Å².